The van der Waals surface area contributed by atoms with Crippen LogP contribution in [0.4, 0.5) is 0 Å². The normalized spacial score (nSPS) is 44.7. The Bertz CT molecular complexity index is 358. The van der Waals surface area contributed by atoms with Crippen LogP contribution < -0.4 is 10.6 Å². The van der Waals surface area contributed by atoms with Crippen LogP contribution in [0.3, 0.4) is 0 Å². The van der Waals surface area contributed by atoms with Crippen molar-refractivity contribution >= 4 is 0 Å². The first-order chi connectivity index (χ1) is 9.82. The van der Waals surface area contributed by atoms with Gasteiger partial charge in [0, 0.05) is 19.6 Å². The molecule has 2 atom stereocenters. The van der Waals surface area contributed by atoms with E-state index in [1.165, 1.54) is 45.1 Å². The summed E-state index contributed by atoms with van der Waals surface area (Å²) in [4.78, 5) is 0. The molecule has 0 saturated heterocycles. The lowest BCUT2D eigenvalue weighted by Crippen LogP contribution is -2.57. The van der Waals surface area contributed by atoms with Crippen molar-refractivity contribution in [1.29, 1.82) is 0 Å². The quantitative estimate of drug-likeness (QED) is 0.697. The molecule has 4 bridgehead atoms. The highest BCUT2D eigenvalue weighted by atomic mass is 15.0. The summed E-state index contributed by atoms with van der Waals surface area (Å²) in [5.74, 6) is 1.78. The lowest BCUT2D eigenvalue weighted by atomic mass is 9.40. The molecule has 2 unspecified atom stereocenters. The predicted octanol–water partition coefficient (Wildman–Crippen LogP) is 3.82. The Labute approximate surface area is 131 Å². The zero-order chi connectivity index (χ0) is 15.1. The van der Waals surface area contributed by atoms with Crippen LogP contribution in [0.25, 0.3) is 0 Å². The molecule has 0 aliphatic heterocycles. The van der Waals surface area contributed by atoms with Gasteiger partial charge in [-0.1, -0.05) is 27.7 Å². The summed E-state index contributed by atoms with van der Waals surface area (Å²) in [5.41, 5.74) is 1.94. The van der Waals surface area contributed by atoms with Gasteiger partial charge in [-0.15, -0.1) is 0 Å². The van der Waals surface area contributed by atoms with E-state index in [0.717, 1.165) is 31.5 Å². The van der Waals surface area contributed by atoms with E-state index in [4.69, 9.17) is 0 Å². The Kier molecular flexibility index (Phi) is 4.16. The van der Waals surface area contributed by atoms with Crippen molar-refractivity contribution in [3.8, 4) is 0 Å². The molecule has 4 fully saturated rings. The van der Waals surface area contributed by atoms with Crippen LogP contribution in [0.15, 0.2) is 0 Å². The Morgan fingerprint density at radius 3 is 2.10 bits per heavy atom. The number of hydrogen-bond donors (Lipinski definition) is 2. The van der Waals surface area contributed by atoms with Gasteiger partial charge in [0.1, 0.15) is 0 Å². The van der Waals surface area contributed by atoms with Gasteiger partial charge in [0.25, 0.3) is 0 Å². The van der Waals surface area contributed by atoms with Gasteiger partial charge in [0.05, 0.1) is 0 Å². The second-order valence-corrected chi connectivity index (χ2v) is 9.90. The molecule has 0 amide bonds. The van der Waals surface area contributed by atoms with Gasteiger partial charge in [-0.05, 0) is 73.2 Å². The van der Waals surface area contributed by atoms with Crippen molar-refractivity contribution in [2.75, 3.05) is 26.2 Å². The third-order valence-corrected chi connectivity index (χ3v) is 6.27. The van der Waals surface area contributed by atoms with Crippen LogP contribution in [-0.2, 0) is 0 Å². The van der Waals surface area contributed by atoms with E-state index in [-0.39, 0.29) is 0 Å². The smallest absolute Gasteiger partial charge is 0.00769 e. The minimum atomic E-state index is 0.626. The Hall–Kier alpha value is -0.0800. The molecule has 4 aliphatic carbocycles. The number of hydrogen-bond acceptors (Lipinski definition) is 2. The SMILES string of the molecule is CC(C)CNCCNCC12CC3CC(C)(CC(C)(C3)C1)C2. The lowest BCUT2D eigenvalue weighted by Gasteiger charge is -2.65. The van der Waals surface area contributed by atoms with Crippen LogP contribution in [0.5, 0.6) is 0 Å². The van der Waals surface area contributed by atoms with Crippen LogP contribution in [-0.4, -0.2) is 26.2 Å². The minimum Gasteiger partial charge on any atom is -0.315 e. The van der Waals surface area contributed by atoms with Crippen molar-refractivity contribution in [3.05, 3.63) is 0 Å². The molecule has 122 valence electrons. The van der Waals surface area contributed by atoms with Gasteiger partial charge < -0.3 is 10.6 Å². The fourth-order valence-electron chi connectivity index (χ4n) is 6.80. The summed E-state index contributed by atoms with van der Waals surface area (Å²) in [6.07, 6.45) is 9.00. The fourth-order valence-corrected chi connectivity index (χ4v) is 6.80. The lowest BCUT2D eigenvalue weighted by molar-refractivity contribution is -0.143. The summed E-state index contributed by atoms with van der Waals surface area (Å²) in [5, 5.41) is 7.33. The molecule has 4 aliphatic rings. The highest BCUT2D eigenvalue weighted by Crippen LogP contribution is 2.69. The van der Waals surface area contributed by atoms with Gasteiger partial charge >= 0.3 is 0 Å². The van der Waals surface area contributed by atoms with Crippen molar-refractivity contribution in [2.45, 2.75) is 66.2 Å². The summed E-state index contributed by atoms with van der Waals surface area (Å²) >= 11 is 0. The van der Waals surface area contributed by atoms with Crippen molar-refractivity contribution in [3.63, 3.8) is 0 Å². The zero-order valence-electron chi connectivity index (χ0n) is 14.7. The van der Waals surface area contributed by atoms with E-state index in [1.807, 2.05) is 0 Å². The van der Waals surface area contributed by atoms with Crippen LogP contribution >= 0.6 is 0 Å². The summed E-state index contributed by atoms with van der Waals surface area (Å²) < 4.78 is 0. The maximum atomic E-state index is 3.79. The second kappa shape index (κ2) is 5.53. The Morgan fingerprint density at radius 1 is 0.905 bits per heavy atom. The van der Waals surface area contributed by atoms with Gasteiger partial charge in [0.2, 0.25) is 0 Å². The molecule has 0 spiro atoms. The summed E-state index contributed by atoms with van der Waals surface area (Å²) in [6, 6.07) is 0. The topological polar surface area (TPSA) is 24.1 Å². The zero-order valence-corrected chi connectivity index (χ0v) is 14.7. The van der Waals surface area contributed by atoms with Crippen LogP contribution in [0.2, 0.25) is 0 Å². The molecule has 0 heterocycles. The van der Waals surface area contributed by atoms with Gasteiger partial charge in [-0.2, -0.15) is 0 Å². The molecule has 4 rings (SSSR count). The standard InChI is InChI=1S/C19H36N2/c1-15(2)10-20-5-6-21-14-19-9-16-7-17(3,12-19)11-18(4,8-16)13-19/h15-16,20-21H,5-14H2,1-4H3. The first-order valence-electron chi connectivity index (χ1n) is 9.24. The summed E-state index contributed by atoms with van der Waals surface area (Å²) in [7, 11) is 0. The largest absolute Gasteiger partial charge is 0.315 e. The average Bonchev–Trinajstić information content (AvgIpc) is 2.28. The van der Waals surface area contributed by atoms with E-state index in [1.54, 1.807) is 0 Å². The highest BCUT2D eigenvalue weighted by molar-refractivity contribution is 5.10. The molecule has 0 aromatic heterocycles. The predicted molar refractivity (Wildman–Crippen MR) is 90.4 cm³/mol. The number of rotatable bonds is 7. The van der Waals surface area contributed by atoms with Gasteiger partial charge in [-0.3, -0.25) is 0 Å². The average molecular weight is 293 g/mol. The molecule has 0 aromatic rings. The van der Waals surface area contributed by atoms with Gasteiger partial charge in [-0.25, -0.2) is 0 Å². The number of nitrogens with one attached hydrogen (secondary N) is 2. The van der Waals surface area contributed by atoms with Gasteiger partial charge in [0.15, 0.2) is 0 Å². The molecule has 2 N–H and O–H groups in total. The molecule has 0 aromatic carbocycles. The Morgan fingerprint density at radius 2 is 1.52 bits per heavy atom. The highest BCUT2D eigenvalue weighted by Gasteiger charge is 2.59. The maximum Gasteiger partial charge on any atom is 0.00769 e. The van der Waals surface area contributed by atoms with Crippen molar-refractivity contribution in [1.82, 2.24) is 10.6 Å². The fraction of sp³-hybridized carbons (Fsp3) is 1.00. The first-order valence-corrected chi connectivity index (χ1v) is 9.24. The third kappa shape index (κ3) is 3.47. The molecule has 0 radical (unpaired) electrons. The monoisotopic (exact) mass is 292 g/mol. The second-order valence-electron chi connectivity index (χ2n) is 9.90. The minimum absolute atomic E-state index is 0.626. The molecular formula is C19H36N2. The van der Waals surface area contributed by atoms with E-state index < -0.39 is 0 Å². The molecule has 4 saturated carbocycles. The molecule has 21 heavy (non-hydrogen) atoms. The van der Waals surface area contributed by atoms with Crippen molar-refractivity contribution < 1.29 is 0 Å². The maximum absolute atomic E-state index is 3.79. The van der Waals surface area contributed by atoms with E-state index >= 15 is 0 Å². The van der Waals surface area contributed by atoms with E-state index in [9.17, 15) is 0 Å². The molecular weight excluding hydrogens is 256 g/mol. The van der Waals surface area contributed by atoms with Crippen molar-refractivity contribution in [2.24, 2.45) is 28.1 Å². The molecule has 2 nitrogen and oxygen atoms in total. The first kappa shape index (κ1) is 15.8. The van der Waals surface area contributed by atoms with E-state index in [2.05, 4.69) is 38.3 Å². The third-order valence-electron chi connectivity index (χ3n) is 6.27. The summed E-state index contributed by atoms with van der Waals surface area (Å²) in [6.45, 7) is 14.4. The van der Waals surface area contributed by atoms with Crippen LogP contribution in [0.1, 0.15) is 66.2 Å². The van der Waals surface area contributed by atoms with Crippen LogP contribution in [0, 0.1) is 28.1 Å². The Balaban J connectivity index is 1.49. The molecule has 2 heteroatoms. The van der Waals surface area contributed by atoms with E-state index in [0.29, 0.717) is 16.2 Å².